The van der Waals surface area contributed by atoms with E-state index in [4.69, 9.17) is 4.74 Å². The predicted molar refractivity (Wildman–Crippen MR) is 105 cm³/mol. The lowest BCUT2D eigenvalue weighted by molar-refractivity contribution is -0.117. The third-order valence-corrected chi connectivity index (χ3v) is 4.61. The minimum absolute atomic E-state index is 0.0395. The number of carbonyl (C=O) groups excluding carboxylic acids is 2. The van der Waals surface area contributed by atoms with Crippen molar-refractivity contribution in [1.82, 2.24) is 4.90 Å². The first-order valence-corrected chi connectivity index (χ1v) is 8.94. The first-order chi connectivity index (χ1) is 13.1. The van der Waals surface area contributed by atoms with Crippen molar-refractivity contribution in [3.63, 3.8) is 0 Å². The van der Waals surface area contributed by atoms with Gasteiger partial charge in [0.2, 0.25) is 0 Å². The number of allylic oxidation sites excluding steroid dienone is 3. The molecule has 0 aromatic heterocycles. The number of methoxy groups -OCH3 is 1. The van der Waals surface area contributed by atoms with E-state index in [1.807, 2.05) is 48.7 Å². The zero-order chi connectivity index (χ0) is 19.2. The Balaban J connectivity index is 1.94. The van der Waals surface area contributed by atoms with Gasteiger partial charge in [0.25, 0.3) is 0 Å². The number of hydrogen-bond acceptors (Lipinski definition) is 4. The molecule has 1 aliphatic rings. The summed E-state index contributed by atoms with van der Waals surface area (Å²) in [6.07, 6.45) is 5.30. The number of ketones is 2. The third kappa shape index (κ3) is 4.73. The molecule has 0 saturated heterocycles. The summed E-state index contributed by atoms with van der Waals surface area (Å²) in [4.78, 5) is 26.1. The van der Waals surface area contributed by atoms with Crippen LogP contribution >= 0.6 is 0 Å². The second-order valence-corrected chi connectivity index (χ2v) is 6.60. The Bertz CT molecular complexity index is 866. The maximum absolute atomic E-state index is 12.6. The van der Waals surface area contributed by atoms with Gasteiger partial charge in [-0.1, -0.05) is 42.5 Å². The molecule has 0 N–H and O–H groups in total. The fourth-order valence-electron chi connectivity index (χ4n) is 3.18. The predicted octanol–water partition coefficient (Wildman–Crippen LogP) is 4.24. The van der Waals surface area contributed by atoms with Crippen molar-refractivity contribution in [2.45, 2.75) is 25.9 Å². The summed E-state index contributed by atoms with van der Waals surface area (Å²) >= 11 is 0. The van der Waals surface area contributed by atoms with Crippen LogP contribution in [0.5, 0.6) is 5.75 Å². The van der Waals surface area contributed by atoms with Gasteiger partial charge in [-0.2, -0.15) is 0 Å². The van der Waals surface area contributed by atoms with Crippen LogP contribution in [0.2, 0.25) is 0 Å². The van der Waals surface area contributed by atoms with Crippen LogP contribution in [0.4, 0.5) is 0 Å². The van der Waals surface area contributed by atoms with E-state index < -0.39 is 0 Å². The van der Waals surface area contributed by atoms with Gasteiger partial charge >= 0.3 is 0 Å². The average Bonchev–Trinajstić information content (AvgIpc) is 2.69. The van der Waals surface area contributed by atoms with E-state index in [0.29, 0.717) is 18.5 Å². The summed E-state index contributed by atoms with van der Waals surface area (Å²) in [5.41, 5.74) is 2.79. The molecule has 2 aromatic rings. The van der Waals surface area contributed by atoms with Gasteiger partial charge in [-0.25, -0.2) is 0 Å². The van der Waals surface area contributed by atoms with E-state index in [0.717, 1.165) is 16.9 Å². The zero-order valence-corrected chi connectivity index (χ0v) is 15.6. The van der Waals surface area contributed by atoms with Crippen LogP contribution in [-0.2, 0) is 16.1 Å². The number of hydrogen-bond donors (Lipinski definition) is 0. The minimum Gasteiger partial charge on any atom is -0.497 e. The summed E-state index contributed by atoms with van der Waals surface area (Å²) in [5, 5.41) is 0. The van der Waals surface area contributed by atoms with Gasteiger partial charge in [0.15, 0.2) is 11.6 Å². The molecule has 1 heterocycles. The summed E-state index contributed by atoms with van der Waals surface area (Å²) in [5.74, 6) is 0.754. The normalized spacial score (nSPS) is 17.1. The average molecular weight is 361 g/mol. The molecule has 27 heavy (non-hydrogen) atoms. The van der Waals surface area contributed by atoms with E-state index >= 15 is 0 Å². The van der Waals surface area contributed by atoms with Crippen molar-refractivity contribution in [3.05, 3.63) is 89.6 Å². The lowest BCUT2D eigenvalue weighted by Crippen LogP contribution is -2.31. The van der Waals surface area contributed by atoms with Crippen molar-refractivity contribution in [1.29, 1.82) is 0 Å². The molecule has 0 bridgehead atoms. The van der Waals surface area contributed by atoms with E-state index in [-0.39, 0.29) is 17.6 Å². The zero-order valence-electron chi connectivity index (χ0n) is 15.6. The minimum atomic E-state index is -0.0735. The molecule has 4 heteroatoms. The van der Waals surface area contributed by atoms with E-state index in [2.05, 4.69) is 17.0 Å². The largest absolute Gasteiger partial charge is 0.497 e. The molecular weight excluding hydrogens is 338 g/mol. The van der Waals surface area contributed by atoms with Crippen molar-refractivity contribution < 1.29 is 14.3 Å². The second kappa shape index (κ2) is 8.49. The van der Waals surface area contributed by atoms with Crippen molar-refractivity contribution >= 4 is 11.6 Å². The lowest BCUT2D eigenvalue weighted by atomic mass is 9.92. The molecule has 1 atom stereocenters. The molecule has 3 rings (SSSR count). The molecule has 4 nitrogen and oxygen atoms in total. The summed E-state index contributed by atoms with van der Waals surface area (Å²) < 4.78 is 5.24. The third-order valence-electron chi connectivity index (χ3n) is 4.61. The van der Waals surface area contributed by atoms with Crippen LogP contribution in [0.15, 0.2) is 78.5 Å². The van der Waals surface area contributed by atoms with Gasteiger partial charge in [0.05, 0.1) is 13.2 Å². The van der Waals surface area contributed by atoms with Crippen LogP contribution < -0.4 is 4.74 Å². The molecule has 0 aliphatic carbocycles. The second-order valence-electron chi connectivity index (χ2n) is 6.60. The molecule has 0 fully saturated rings. The van der Waals surface area contributed by atoms with Gasteiger partial charge < -0.3 is 9.64 Å². The topological polar surface area (TPSA) is 46.6 Å². The molecule has 0 amide bonds. The van der Waals surface area contributed by atoms with E-state index in [1.54, 1.807) is 13.2 Å². The van der Waals surface area contributed by atoms with Gasteiger partial charge in [-0.05, 0) is 42.3 Å². The first kappa shape index (κ1) is 18.6. The molecular formula is C23H23NO3. The highest BCUT2D eigenvalue weighted by Gasteiger charge is 2.28. The highest BCUT2D eigenvalue weighted by Crippen LogP contribution is 2.33. The summed E-state index contributed by atoms with van der Waals surface area (Å²) in [7, 11) is 1.64. The van der Waals surface area contributed by atoms with Crippen LogP contribution in [0.1, 0.15) is 30.5 Å². The smallest absolute Gasteiger partial charge is 0.166 e. The maximum Gasteiger partial charge on any atom is 0.166 e. The highest BCUT2D eigenvalue weighted by atomic mass is 16.5. The van der Waals surface area contributed by atoms with E-state index in [1.165, 1.54) is 13.0 Å². The number of Topliss-reactive ketones (excluding diaryl/α,β-unsaturated/α-hetero) is 1. The Morgan fingerprint density at radius 3 is 2.48 bits per heavy atom. The van der Waals surface area contributed by atoms with E-state index in [9.17, 15) is 9.59 Å². The molecule has 1 unspecified atom stereocenters. The highest BCUT2D eigenvalue weighted by molar-refractivity contribution is 6.00. The Labute approximate surface area is 159 Å². The SMILES string of the molecule is COc1ccc(C2CC(=O)C(/C=C/C(C)=O)=CN2Cc2ccccc2)cc1. The van der Waals surface area contributed by atoms with Crippen LogP contribution in [0.3, 0.4) is 0 Å². The molecule has 2 aromatic carbocycles. The fraction of sp³-hybridized carbons (Fsp3) is 0.217. The van der Waals surface area contributed by atoms with Gasteiger partial charge in [-0.3, -0.25) is 9.59 Å². The van der Waals surface area contributed by atoms with Gasteiger partial charge in [0.1, 0.15) is 5.75 Å². The number of ether oxygens (including phenoxy) is 1. The van der Waals surface area contributed by atoms with Crippen molar-refractivity contribution in [2.24, 2.45) is 0 Å². The lowest BCUT2D eigenvalue weighted by Gasteiger charge is -2.35. The van der Waals surface area contributed by atoms with Crippen molar-refractivity contribution in [2.75, 3.05) is 7.11 Å². The molecule has 0 saturated carbocycles. The van der Waals surface area contributed by atoms with Crippen LogP contribution in [-0.4, -0.2) is 23.6 Å². The Hall–Kier alpha value is -3.14. The summed E-state index contributed by atoms with van der Waals surface area (Å²) in [6.45, 7) is 2.16. The Kier molecular flexibility index (Phi) is 5.87. The Morgan fingerprint density at radius 2 is 1.85 bits per heavy atom. The van der Waals surface area contributed by atoms with Crippen LogP contribution in [0.25, 0.3) is 0 Å². The number of rotatable bonds is 6. The van der Waals surface area contributed by atoms with Gasteiger partial charge in [-0.15, -0.1) is 0 Å². The molecule has 0 spiro atoms. The van der Waals surface area contributed by atoms with Gasteiger partial charge in [0, 0.05) is 24.7 Å². The maximum atomic E-state index is 12.6. The molecule has 0 radical (unpaired) electrons. The summed E-state index contributed by atoms with van der Waals surface area (Å²) in [6, 6.07) is 17.9. The monoisotopic (exact) mass is 361 g/mol. The standard InChI is InChI=1S/C23H23NO3/c1-17(25)8-9-20-16-24(15-18-6-4-3-5-7-18)22(14-23(20)26)19-10-12-21(27-2)13-11-19/h3-13,16,22H,14-15H2,1-2H3/b9-8+. The van der Waals surface area contributed by atoms with Crippen molar-refractivity contribution in [3.8, 4) is 5.75 Å². The van der Waals surface area contributed by atoms with Crippen LogP contribution in [0, 0.1) is 0 Å². The quantitative estimate of drug-likeness (QED) is 0.722. The number of carbonyl (C=O) groups is 2. The molecule has 138 valence electrons. The first-order valence-electron chi connectivity index (χ1n) is 8.94. The Morgan fingerprint density at radius 1 is 1.15 bits per heavy atom. The fourth-order valence-corrected chi connectivity index (χ4v) is 3.18. The molecule has 1 aliphatic heterocycles. The number of nitrogens with zero attached hydrogens (tertiary/aromatic N) is 1. The number of benzene rings is 2.